The third-order valence-electron chi connectivity index (χ3n) is 3.04. The van der Waals surface area contributed by atoms with E-state index >= 15 is 0 Å². The van der Waals surface area contributed by atoms with E-state index in [4.69, 9.17) is 0 Å². The van der Waals surface area contributed by atoms with Crippen LogP contribution in [0.3, 0.4) is 0 Å². The van der Waals surface area contributed by atoms with Crippen LogP contribution >= 0.6 is 0 Å². The Hall–Kier alpha value is -1.53. The number of nitrogens with zero attached hydrogens (tertiary/aromatic N) is 2. The molecule has 1 aliphatic rings. The molecule has 0 radical (unpaired) electrons. The summed E-state index contributed by atoms with van der Waals surface area (Å²) in [4.78, 5) is 7.36. The van der Waals surface area contributed by atoms with E-state index in [0.29, 0.717) is 6.54 Å². The van der Waals surface area contributed by atoms with E-state index in [1.165, 1.54) is 7.05 Å². The smallest absolute Gasteiger partial charge is 0.369 e. The Labute approximate surface area is 103 Å². The van der Waals surface area contributed by atoms with Gasteiger partial charge in [0.25, 0.3) is 0 Å². The van der Waals surface area contributed by atoms with Gasteiger partial charge in [0.2, 0.25) is 5.95 Å². The molecule has 0 atom stereocenters. The van der Waals surface area contributed by atoms with Crippen LogP contribution in [0.4, 0.5) is 24.9 Å². The quantitative estimate of drug-likeness (QED) is 0.874. The number of alkyl halides is 3. The van der Waals surface area contributed by atoms with Crippen molar-refractivity contribution in [3.63, 3.8) is 0 Å². The molecule has 2 N–H and O–H groups in total. The Kier molecular flexibility index (Phi) is 3.08. The number of rotatable bonds is 4. The molecule has 0 bridgehead atoms. The number of hydrogen-bond acceptors (Lipinski definition) is 4. The lowest BCUT2D eigenvalue weighted by Crippen LogP contribution is -2.16. The molecule has 0 saturated heterocycles. The zero-order valence-electron chi connectivity index (χ0n) is 10.2. The van der Waals surface area contributed by atoms with Gasteiger partial charge in [-0.1, -0.05) is 6.92 Å². The van der Waals surface area contributed by atoms with Gasteiger partial charge in [0.15, 0.2) is 5.69 Å². The minimum atomic E-state index is -4.46. The Morgan fingerprint density at radius 2 is 2.00 bits per heavy atom. The standard InChI is InChI=1S/C11H15F3N4/c1-10(3-4-10)6-16-8-5-7(11(12,13)14)17-9(15-2)18-8/h5H,3-4,6H2,1-2H3,(H2,15,16,17,18). The van der Waals surface area contributed by atoms with Gasteiger partial charge in [-0.15, -0.1) is 0 Å². The summed E-state index contributed by atoms with van der Waals surface area (Å²) in [6.07, 6.45) is -2.28. The highest BCUT2D eigenvalue weighted by atomic mass is 19.4. The van der Waals surface area contributed by atoms with Crippen LogP contribution in [0.1, 0.15) is 25.5 Å². The first kappa shape index (κ1) is 12.9. The van der Waals surface area contributed by atoms with E-state index in [9.17, 15) is 13.2 Å². The van der Waals surface area contributed by atoms with E-state index in [-0.39, 0.29) is 17.2 Å². The third kappa shape index (κ3) is 3.02. The van der Waals surface area contributed by atoms with Crippen molar-refractivity contribution in [1.29, 1.82) is 0 Å². The van der Waals surface area contributed by atoms with Gasteiger partial charge in [-0.2, -0.15) is 18.2 Å². The van der Waals surface area contributed by atoms with Crippen molar-refractivity contribution in [2.24, 2.45) is 5.41 Å². The molecule has 1 fully saturated rings. The summed E-state index contributed by atoms with van der Waals surface area (Å²) in [5.41, 5.74) is -0.742. The summed E-state index contributed by atoms with van der Waals surface area (Å²) in [6.45, 7) is 2.72. The first-order chi connectivity index (χ1) is 8.32. The topological polar surface area (TPSA) is 49.8 Å². The molecule has 1 heterocycles. The van der Waals surface area contributed by atoms with Gasteiger partial charge in [-0.25, -0.2) is 4.98 Å². The summed E-state index contributed by atoms with van der Waals surface area (Å²) >= 11 is 0. The summed E-state index contributed by atoms with van der Waals surface area (Å²) in [6, 6.07) is 0.937. The van der Waals surface area contributed by atoms with Gasteiger partial charge in [0, 0.05) is 19.7 Å². The molecule has 1 aromatic heterocycles. The maximum atomic E-state index is 12.6. The average Bonchev–Trinajstić information content (AvgIpc) is 3.04. The fraction of sp³-hybridized carbons (Fsp3) is 0.636. The van der Waals surface area contributed by atoms with Crippen LogP contribution in [0.2, 0.25) is 0 Å². The lowest BCUT2D eigenvalue weighted by molar-refractivity contribution is -0.141. The van der Waals surface area contributed by atoms with E-state index in [2.05, 4.69) is 27.5 Å². The molecule has 100 valence electrons. The normalized spacial score (nSPS) is 17.4. The Bertz CT molecular complexity index is 440. The van der Waals surface area contributed by atoms with Crippen LogP contribution < -0.4 is 10.6 Å². The highest BCUT2D eigenvalue weighted by Crippen LogP contribution is 2.44. The zero-order valence-corrected chi connectivity index (χ0v) is 10.2. The van der Waals surface area contributed by atoms with Gasteiger partial charge >= 0.3 is 6.18 Å². The van der Waals surface area contributed by atoms with E-state index in [1.54, 1.807) is 0 Å². The number of aromatic nitrogens is 2. The van der Waals surface area contributed by atoms with Crippen molar-refractivity contribution in [1.82, 2.24) is 9.97 Å². The first-order valence-corrected chi connectivity index (χ1v) is 5.70. The zero-order chi connectivity index (χ0) is 13.4. The summed E-state index contributed by atoms with van der Waals surface area (Å²) < 4.78 is 37.9. The summed E-state index contributed by atoms with van der Waals surface area (Å²) in [5, 5.41) is 5.47. The van der Waals surface area contributed by atoms with E-state index < -0.39 is 11.9 Å². The second kappa shape index (κ2) is 4.29. The summed E-state index contributed by atoms with van der Waals surface area (Å²) in [7, 11) is 1.49. The van der Waals surface area contributed by atoms with Gasteiger partial charge in [-0.05, 0) is 18.3 Å². The minimum Gasteiger partial charge on any atom is -0.369 e. The molecule has 1 saturated carbocycles. The number of nitrogens with one attached hydrogen (secondary N) is 2. The van der Waals surface area contributed by atoms with Crippen LogP contribution in [0.25, 0.3) is 0 Å². The molecule has 0 amide bonds. The van der Waals surface area contributed by atoms with E-state index in [0.717, 1.165) is 18.9 Å². The van der Waals surface area contributed by atoms with Crippen LogP contribution in [0, 0.1) is 5.41 Å². The van der Waals surface area contributed by atoms with E-state index in [1.807, 2.05) is 0 Å². The first-order valence-electron chi connectivity index (χ1n) is 5.70. The fourth-order valence-electron chi connectivity index (χ4n) is 1.49. The van der Waals surface area contributed by atoms with Crippen LogP contribution in [0.5, 0.6) is 0 Å². The van der Waals surface area contributed by atoms with Crippen molar-refractivity contribution in [2.45, 2.75) is 25.9 Å². The summed E-state index contributed by atoms with van der Waals surface area (Å²) in [5.74, 6) is 0.170. The number of hydrogen-bond donors (Lipinski definition) is 2. The van der Waals surface area contributed by atoms with Crippen molar-refractivity contribution < 1.29 is 13.2 Å². The number of anilines is 2. The molecular formula is C11H15F3N4. The molecule has 0 spiro atoms. The molecule has 0 unspecified atom stereocenters. The maximum Gasteiger partial charge on any atom is 0.433 e. The van der Waals surface area contributed by atoms with Gasteiger partial charge < -0.3 is 10.6 Å². The molecule has 1 aromatic rings. The average molecular weight is 260 g/mol. The van der Waals surface area contributed by atoms with Crippen LogP contribution in [0.15, 0.2) is 6.07 Å². The van der Waals surface area contributed by atoms with Gasteiger partial charge in [0.05, 0.1) is 0 Å². The second-order valence-electron chi connectivity index (χ2n) is 4.87. The highest BCUT2D eigenvalue weighted by molar-refractivity contribution is 5.43. The fourth-order valence-corrected chi connectivity index (χ4v) is 1.49. The molecule has 0 aliphatic heterocycles. The molecule has 2 rings (SSSR count). The molecule has 0 aromatic carbocycles. The molecular weight excluding hydrogens is 245 g/mol. The molecule has 18 heavy (non-hydrogen) atoms. The predicted octanol–water partition coefficient (Wildman–Crippen LogP) is 2.75. The molecule has 7 heteroatoms. The Morgan fingerprint density at radius 1 is 1.33 bits per heavy atom. The maximum absolute atomic E-state index is 12.6. The SMILES string of the molecule is CNc1nc(NCC2(C)CC2)cc(C(F)(F)F)n1. The molecule has 4 nitrogen and oxygen atoms in total. The second-order valence-corrected chi connectivity index (χ2v) is 4.87. The third-order valence-corrected chi connectivity index (χ3v) is 3.04. The van der Waals surface area contributed by atoms with Crippen molar-refractivity contribution in [2.75, 3.05) is 24.2 Å². The lowest BCUT2D eigenvalue weighted by Gasteiger charge is -2.13. The Balaban J connectivity index is 2.18. The van der Waals surface area contributed by atoms with Gasteiger partial charge in [0.1, 0.15) is 5.82 Å². The van der Waals surface area contributed by atoms with Crippen LogP contribution in [-0.4, -0.2) is 23.6 Å². The lowest BCUT2D eigenvalue weighted by atomic mass is 10.1. The monoisotopic (exact) mass is 260 g/mol. The van der Waals surface area contributed by atoms with Gasteiger partial charge in [-0.3, -0.25) is 0 Å². The van der Waals surface area contributed by atoms with Crippen molar-refractivity contribution in [3.05, 3.63) is 11.8 Å². The van der Waals surface area contributed by atoms with Crippen molar-refractivity contribution in [3.8, 4) is 0 Å². The van der Waals surface area contributed by atoms with Crippen molar-refractivity contribution >= 4 is 11.8 Å². The van der Waals surface area contributed by atoms with Crippen LogP contribution in [-0.2, 0) is 6.18 Å². The predicted molar refractivity (Wildman–Crippen MR) is 62.4 cm³/mol. The highest BCUT2D eigenvalue weighted by Gasteiger charge is 2.37. The Morgan fingerprint density at radius 3 is 2.50 bits per heavy atom. The largest absolute Gasteiger partial charge is 0.433 e. The minimum absolute atomic E-state index is 0.0340. The molecule has 1 aliphatic carbocycles. The number of halogens is 3.